The van der Waals surface area contributed by atoms with E-state index in [1.165, 1.54) is 0 Å². The molecule has 56 valence electrons. The number of fused-ring (bicyclic) bond motifs is 1. The maximum atomic E-state index is 5.11. The minimum absolute atomic E-state index is 0.786. The number of nitrogens with zero attached hydrogens (tertiary/aromatic N) is 1. The van der Waals surface area contributed by atoms with E-state index in [0.717, 1.165) is 20.7 Å². The van der Waals surface area contributed by atoms with Gasteiger partial charge in [0.2, 0.25) is 0 Å². The summed E-state index contributed by atoms with van der Waals surface area (Å²) < 4.78 is 0.786. The van der Waals surface area contributed by atoms with Gasteiger partial charge in [-0.05, 0) is 18.4 Å². The van der Waals surface area contributed by atoms with E-state index in [2.05, 4.69) is 9.97 Å². The number of hydrogen-bond acceptors (Lipinski definition) is 3. The summed E-state index contributed by atoms with van der Waals surface area (Å²) in [7, 11) is 0. The van der Waals surface area contributed by atoms with Crippen LogP contribution >= 0.6 is 23.6 Å². The molecule has 0 saturated carbocycles. The molecule has 2 aromatic rings. The Hall–Kier alpha value is -0.740. The monoisotopic (exact) mass is 182 g/mol. The summed E-state index contributed by atoms with van der Waals surface area (Å²) in [5.41, 5.74) is 0. The van der Waals surface area contributed by atoms with E-state index < -0.39 is 0 Å². The van der Waals surface area contributed by atoms with E-state index >= 15 is 0 Å². The molecule has 0 aliphatic carbocycles. The summed E-state index contributed by atoms with van der Waals surface area (Å²) in [5, 5.41) is 3.05. The molecule has 0 bridgehead atoms. The van der Waals surface area contributed by atoms with E-state index in [0.29, 0.717) is 0 Å². The maximum Gasteiger partial charge on any atom is 0.128 e. The van der Waals surface area contributed by atoms with E-state index in [1.807, 2.05) is 18.4 Å². The molecule has 0 amide bonds. The average Bonchev–Trinajstić information content (AvgIpc) is 2.34. The molecular formula is C7H6N2S2. The van der Waals surface area contributed by atoms with Gasteiger partial charge < -0.3 is 4.98 Å². The van der Waals surface area contributed by atoms with Gasteiger partial charge in [-0.2, -0.15) is 0 Å². The highest BCUT2D eigenvalue weighted by atomic mass is 32.1. The lowest BCUT2D eigenvalue weighted by Gasteiger charge is -1.92. The number of nitrogens with one attached hydrogen (secondary N) is 1. The number of aromatic amines is 1. The van der Waals surface area contributed by atoms with E-state index in [9.17, 15) is 0 Å². The molecule has 2 rings (SSSR count). The Balaban J connectivity index is 3.02. The standard InChI is InChI=1S/C7H6N2S2/c1-4-8-6(10)5-2-3-11-7(5)9-4/h2-3H,1H3,(H,8,9,10). The van der Waals surface area contributed by atoms with Crippen molar-refractivity contribution in [3.63, 3.8) is 0 Å². The smallest absolute Gasteiger partial charge is 0.128 e. The van der Waals surface area contributed by atoms with Crippen molar-refractivity contribution in [3.8, 4) is 0 Å². The Kier molecular flexibility index (Phi) is 1.51. The summed E-state index contributed by atoms with van der Waals surface area (Å²) >= 11 is 6.72. The van der Waals surface area contributed by atoms with Gasteiger partial charge in [0, 0.05) is 5.39 Å². The van der Waals surface area contributed by atoms with Crippen molar-refractivity contribution in [3.05, 3.63) is 21.9 Å². The van der Waals surface area contributed by atoms with Crippen LogP contribution in [0, 0.1) is 11.6 Å². The fourth-order valence-electron chi connectivity index (χ4n) is 0.973. The van der Waals surface area contributed by atoms with Crippen molar-refractivity contribution in [1.29, 1.82) is 0 Å². The first kappa shape index (κ1) is 6.94. The Morgan fingerprint density at radius 2 is 2.45 bits per heavy atom. The van der Waals surface area contributed by atoms with Crippen LogP contribution in [0.15, 0.2) is 11.4 Å². The molecule has 1 N–H and O–H groups in total. The molecule has 0 unspecified atom stereocenters. The SMILES string of the molecule is Cc1nc2sccc2c(=S)[nH]1. The summed E-state index contributed by atoms with van der Waals surface area (Å²) in [4.78, 5) is 8.32. The summed E-state index contributed by atoms with van der Waals surface area (Å²) in [6.07, 6.45) is 0. The molecule has 0 aromatic carbocycles. The van der Waals surface area contributed by atoms with Crippen LogP contribution in [-0.4, -0.2) is 9.97 Å². The average molecular weight is 182 g/mol. The number of hydrogen-bond donors (Lipinski definition) is 1. The highest BCUT2D eigenvalue weighted by Crippen LogP contribution is 2.18. The molecule has 0 atom stereocenters. The quantitative estimate of drug-likeness (QED) is 0.634. The fraction of sp³-hybridized carbons (Fsp3) is 0.143. The highest BCUT2D eigenvalue weighted by molar-refractivity contribution is 7.71. The topological polar surface area (TPSA) is 28.7 Å². The van der Waals surface area contributed by atoms with Crippen molar-refractivity contribution >= 4 is 33.8 Å². The predicted octanol–water partition coefficient (Wildman–Crippen LogP) is 2.66. The van der Waals surface area contributed by atoms with Crippen LogP contribution in [0.5, 0.6) is 0 Å². The Bertz CT molecular complexity index is 441. The zero-order valence-electron chi connectivity index (χ0n) is 5.92. The summed E-state index contributed by atoms with van der Waals surface area (Å²) in [5.74, 6) is 0.880. The second-order valence-electron chi connectivity index (χ2n) is 2.29. The number of aryl methyl sites for hydroxylation is 1. The van der Waals surface area contributed by atoms with Gasteiger partial charge in [-0.25, -0.2) is 4.98 Å². The molecule has 0 spiro atoms. The zero-order chi connectivity index (χ0) is 7.84. The zero-order valence-corrected chi connectivity index (χ0v) is 7.55. The second-order valence-corrected chi connectivity index (χ2v) is 3.59. The van der Waals surface area contributed by atoms with Crippen molar-refractivity contribution in [2.75, 3.05) is 0 Å². The summed E-state index contributed by atoms with van der Waals surface area (Å²) in [6.45, 7) is 1.91. The third-order valence-electron chi connectivity index (χ3n) is 1.45. The third kappa shape index (κ3) is 1.08. The van der Waals surface area contributed by atoms with Crippen molar-refractivity contribution < 1.29 is 0 Å². The number of H-pyrrole nitrogens is 1. The van der Waals surface area contributed by atoms with Gasteiger partial charge in [-0.3, -0.25) is 0 Å². The molecular weight excluding hydrogens is 176 g/mol. The van der Waals surface area contributed by atoms with Crippen LogP contribution in [0.3, 0.4) is 0 Å². The highest BCUT2D eigenvalue weighted by Gasteiger charge is 1.97. The Labute approximate surface area is 72.9 Å². The second kappa shape index (κ2) is 2.39. The van der Waals surface area contributed by atoms with Crippen LogP contribution in [0.4, 0.5) is 0 Å². The van der Waals surface area contributed by atoms with Gasteiger partial charge in [0.15, 0.2) is 0 Å². The molecule has 2 nitrogen and oxygen atoms in total. The number of thiophene rings is 1. The van der Waals surface area contributed by atoms with Gasteiger partial charge in [-0.15, -0.1) is 11.3 Å². The van der Waals surface area contributed by atoms with Gasteiger partial charge >= 0.3 is 0 Å². The minimum Gasteiger partial charge on any atom is -0.334 e. The van der Waals surface area contributed by atoms with Crippen LogP contribution in [-0.2, 0) is 0 Å². The first-order valence-corrected chi connectivity index (χ1v) is 4.50. The molecule has 2 heterocycles. The molecule has 0 fully saturated rings. The molecule has 11 heavy (non-hydrogen) atoms. The molecule has 0 aliphatic rings. The molecule has 2 aromatic heterocycles. The van der Waals surface area contributed by atoms with E-state index in [-0.39, 0.29) is 0 Å². The fourth-order valence-corrected chi connectivity index (χ4v) is 2.17. The minimum atomic E-state index is 0.786. The summed E-state index contributed by atoms with van der Waals surface area (Å²) in [6, 6.07) is 1.99. The van der Waals surface area contributed by atoms with E-state index in [4.69, 9.17) is 12.2 Å². The largest absolute Gasteiger partial charge is 0.334 e. The molecule has 0 radical (unpaired) electrons. The lowest BCUT2D eigenvalue weighted by molar-refractivity contribution is 1.09. The first-order chi connectivity index (χ1) is 5.27. The van der Waals surface area contributed by atoms with Gasteiger partial charge in [-0.1, -0.05) is 12.2 Å². The molecule has 4 heteroatoms. The number of aromatic nitrogens is 2. The molecule has 0 aliphatic heterocycles. The van der Waals surface area contributed by atoms with Crippen LogP contribution < -0.4 is 0 Å². The van der Waals surface area contributed by atoms with Crippen molar-refractivity contribution in [1.82, 2.24) is 9.97 Å². The van der Waals surface area contributed by atoms with Gasteiger partial charge in [0.1, 0.15) is 15.3 Å². The molecule has 0 saturated heterocycles. The van der Waals surface area contributed by atoms with Crippen molar-refractivity contribution in [2.24, 2.45) is 0 Å². The van der Waals surface area contributed by atoms with Crippen LogP contribution in [0.25, 0.3) is 10.2 Å². The Morgan fingerprint density at radius 1 is 1.64 bits per heavy atom. The first-order valence-electron chi connectivity index (χ1n) is 3.21. The maximum absolute atomic E-state index is 5.11. The third-order valence-corrected chi connectivity index (χ3v) is 2.58. The van der Waals surface area contributed by atoms with Crippen molar-refractivity contribution in [2.45, 2.75) is 6.92 Å². The normalized spacial score (nSPS) is 10.6. The lowest BCUT2D eigenvalue weighted by Crippen LogP contribution is -1.85. The Morgan fingerprint density at radius 3 is 3.27 bits per heavy atom. The lowest BCUT2D eigenvalue weighted by atomic mass is 10.4. The van der Waals surface area contributed by atoms with Gasteiger partial charge in [0.05, 0.1) is 0 Å². The predicted molar refractivity (Wildman–Crippen MR) is 49.5 cm³/mol. The van der Waals surface area contributed by atoms with Crippen LogP contribution in [0.1, 0.15) is 5.82 Å². The van der Waals surface area contributed by atoms with E-state index in [1.54, 1.807) is 11.3 Å². The van der Waals surface area contributed by atoms with Gasteiger partial charge in [0.25, 0.3) is 0 Å². The van der Waals surface area contributed by atoms with Crippen LogP contribution in [0.2, 0.25) is 0 Å². The number of rotatable bonds is 0.